The molecule has 0 fully saturated rings. The summed E-state index contributed by atoms with van der Waals surface area (Å²) in [6.07, 6.45) is 4.20. The van der Waals surface area contributed by atoms with Gasteiger partial charge in [0.15, 0.2) is 0 Å². The third kappa shape index (κ3) is 2.10. The van der Waals surface area contributed by atoms with Gasteiger partial charge in [0.2, 0.25) is 0 Å². The van der Waals surface area contributed by atoms with Crippen LogP contribution in [0.4, 0.5) is 8.78 Å². The maximum Gasteiger partial charge on any atom is 0.128 e. The zero-order chi connectivity index (χ0) is 11.5. The van der Waals surface area contributed by atoms with Gasteiger partial charge in [-0.3, -0.25) is 0 Å². The molecule has 1 aromatic carbocycles. The first-order valence-electron chi connectivity index (χ1n) is 5.14. The Morgan fingerprint density at radius 2 is 2.12 bits per heavy atom. The van der Waals surface area contributed by atoms with Crippen molar-refractivity contribution in [1.82, 2.24) is 9.55 Å². The molecule has 0 aliphatic carbocycles. The Bertz CT molecular complexity index is 492. The van der Waals surface area contributed by atoms with Crippen molar-refractivity contribution < 1.29 is 8.78 Å². The number of imidazole rings is 1. The third-order valence-electron chi connectivity index (χ3n) is 2.47. The number of nitrogens with zero attached hydrogens (tertiary/aromatic N) is 2. The average Bonchev–Trinajstić information content (AvgIpc) is 2.71. The van der Waals surface area contributed by atoms with Crippen molar-refractivity contribution in [1.29, 1.82) is 0 Å². The Kier molecular flexibility index (Phi) is 2.99. The minimum Gasteiger partial charge on any atom is -0.330 e. The fourth-order valence-electron chi connectivity index (χ4n) is 1.65. The quantitative estimate of drug-likeness (QED) is 0.780. The minimum atomic E-state index is -0.422. The van der Waals surface area contributed by atoms with Gasteiger partial charge in [-0.05, 0) is 18.2 Å². The molecule has 0 radical (unpaired) electrons. The molecular weight excluding hydrogens is 210 g/mol. The molecule has 2 aromatic rings. The Morgan fingerprint density at radius 3 is 2.88 bits per heavy atom. The molecule has 1 heterocycles. The Balaban J connectivity index is 2.30. The number of hydrogen-bond acceptors (Lipinski definition) is 1. The molecule has 1 aromatic heterocycles. The van der Waals surface area contributed by atoms with Gasteiger partial charge < -0.3 is 4.57 Å². The van der Waals surface area contributed by atoms with E-state index in [1.165, 1.54) is 6.07 Å². The SMILES string of the molecule is CCc1nccn1Cc1cc(F)ccc1F. The molecule has 0 aliphatic heterocycles. The molecule has 0 saturated carbocycles. The number of aryl methyl sites for hydroxylation is 1. The predicted octanol–water partition coefficient (Wildman–Crippen LogP) is 2.77. The van der Waals surface area contributed by atoms with E-state index in [0.29, 0.717) is 12.1 Å². The Morgan fingerprint density at radius 1 is 1.31 bits per heavy atom. The van der Waals surface area contributed by atoms with E-state index in [2.05, 4.69) is 4.98 Å². The van der Waals surface area contributed by atoms with Crippen molar-refractivity contribution in [3.63, 3.8) is 0 Å². The highest BCUT2D eigenvalue weighted by molar-refractivity contribution is 5.19. The number of halogens is 2. The molecule has 0 unspecified atom stereocenters. The third-order valence-corrected chi connectivity index (χ3v) is 2.47. The zero-order valence-corrected chi connectivity index (χ0v) is 8.95. The second-order valence-corrected chi connectivity index (χ2v) is 3.56. The van der Waals surface area contributed by atoms with Crippen LogP contribution in [0.5, 0.6) is 0 Å². The highest BCUT2D eigenvalue weighted by atomic mass is 19.1. The monoisotopic (exact) mass is 222 g/mol. The maximum atomic E-state index is 13.4. The molecule has 0 spiro atoms. The lowest BCUT2D eigenvalue weighted by molar-refractivity contribution is 0.573. The first-order chi connectivity index (χ1) is 7.70. The lowest BCUT2D eigenvalue weighted by Crippen LogP contribution is -2.05. The second kappa shape index (κ2) is 4.43. The summed E-state index contributed by atoms with van der Waals surface area (Å²) in [7, 11) is 0. The normalized spacial score (nSPS) is 10.7. The topological polar surface area (TPSA) is 17.8 Å². The molecule has 16 heavy (non-hydrogen) atoms. The van der Waals surface area contributed by atoms with Crippen LogP contribution in [-0.4, -0.2) is 9.55 Å². The van der Waals surface area contributed by atoms with Gasteiger partial charge in [0.05, 0.1) is 6.54 Å². The summed E-state index contributed by atoms with van der Waals surface area (Å²) in [5, 5.41) is 0. The summed E-state index contributed by atoms with van der Waals surface area (Å²) in [5.74, 6) is 0.0513. The van der Waals surface area contributed by atoms with Crippen LogP contribution < -0.4 is 0 Å². The van der Waals surface area contributed by atoms with Gasteiger partial charge in [-0.25, -0.2) is 13.8 Å². The Labute approximate surface area is 92.6 Å². The van der Waals surface area contributed by atoms with Gasteiger partial charge in [0, 0.05) is 24.4 Å². The van der Waals surface area contributed by atoms with Gasteiger partial charge in [0.25, 0.3) is 0 Å². The predicted molar refractivity (Wildman–Crippen MR) is 57.1 cm³/mol. The molecular formula is C12H12F2N2. The van der Waals surface area contributed by atoms with Gasteiger partial charge >= 0.3 is 0 Å². The molecule has 0 aliphatic rings. The summed E-state index contributed by atoms with van der Waals surface area (Å²) in [5.41, 5.74) is 0.340. The average molecular weight is 222 g/mol. The van der Waals surface area contributed by atoms with Crippen LogP contribution in [0.1, 0.15) is 18.3 Å². The lowest BCUT2D eigenvalue weighted by Gasteiger charge is -2.07. The van der Waals surface area contributed by atoms with Gasteiger partial charge in [0.1, 0.15) is 17.5 Å². The van der Waals surface area contributed by atoms with Crippen LogP contribution in [0, 0.1) is 11.6 Å². The molecule has 0 N–H and O–H groups in total. The maximum absolute atomic E-state index is 13.4. The molecule has 2 rings (SSSR count). The molecule has 4 heteroatoms. The first-order valence-corrected chi connectivity index (χ1v) is 5.14. The Hall–Kier alpha value is -1.71. The highest BCUT2D eigenvalue weighted by Crippen LogP contribution is 2.12. The van der Waals surface area contributed by atoms with Crippen molar-refractivity contribution in [2.45, 2.75) is 19.9 Å². The molecule has 0 amide bonds. The van der Waals surface area contributed by atoms with Crippen molar-refractivity contribution in [3.05, 3.63) is 53.6 Å². The van der Waals surface area contributed by atoms with Gasteiger partial charge in [-0.1, -0.05) is 6.92 Å². The second-order valence-electron chi connectivity index (χ2n) is 3.56. The fourth-order valence-corrected chi connectivity index (χ4v) is 1.65. The van der Waals surface area contributed by atoms with Crippen LogP contribution in [-0.2, 0) is 13.0 Å². The van der Waals surface area contributed by atoms with Crippen LogP contribution in [0.2, 0.25) is 0 Å². The molecule has 0 saturated heterocycles. The van der Waals surface area contributed by atoms with Crippen LogP contribution >= 0.6 is 0 Å². The van der Waals surface area contributed by atoms with Crippen LogP contribution in [0.15, 0.2) is 30.6 Å². The van der Waals surface area contributed by atoms with Crippen molar-refractivity contribution >= 4 is 0 Å². The summed E-state index contributed by atoms with van der Waals surface area (Å²) in [6, 6.07) is 3.48. The highest BCUT2D eigenvalue weighted by Gasteiger charge is 2.06. The standard InChI is InChI=1S/C12H12F2N2/c1-2-12-15-5-6-16(12)8-9-7-10(13)3-4-11(9)14/h3-7H,2,8H2,1H3. The molecule has 0 bridgehead atoms. The smallest absolute Gasteiger partial charge is 0.128 e. The number of rotatable bonds is 3. The lowest BCUT2D eigenvalue weighted by atomic mass is 10.2. The van der Waals surface area contributed by atoms with E-state index >= 15 is 0 Å². The first kappa shape index (κ1) is 10.8. The van der Waals surface area contributed by atoms with Gasteiger partial charge in [-0.2, -0.15) is 0 Å². The largest absolute Gasteiger partial charge is 0.330 e. The molecule has 2 nitrogen and oxygen atoms in total. The zero-order valence-electron chi connectivity index (χ0n) is 8.95. The van der Waals surface area contributed by atoms with E-state index in [0.717, 1.165) is 24.4 Å². The van der Waals surface area contributed by atoms with Crippen LogP contribution in [0.3, 0.4) is 0 Å². The number of aromatic nitrogens is 2. The minimum absolute atomic E-state index is 0.312. The van der Waals surface area contributed by atoms with E-state index in [4.69, 9.17) is 0 Å². The van der Waals surface area contributed by atoms with E-state index in [9.17, 15) is 8.78 Å². The molecule has 84 valence electrons. The van der Waals surface area contributed by atoms with Crippen molar-refractivity contribution in [3.8, 4) is 0 Å². The summed E-state index contributed by atoms with van der Waals surface area (Å²) < 4.78 is 28.2. The van der Waals surface area contributed by atoms with Crippen molar-refractivity contribution in [2.24, 2.45) is 0 Å². The number of benzene rings is 1. The fraction of sp³-hybridized carbons (Fsp3) is 0.250. The van der Waals surface area contributed by atoms with Gasteiger partial charge in [-0.15, -0.1) is 0 Å². The molecule has 0 atom stereocenters. The summed E-state index contributed by atoms with van der Waals surface area (Å²) in [4.78, 5) is 4.13. The van der Waals surface area contributed by atoms with Crippen LogP contribution in [0.25, 0.3) is 0 Å². The van der Waals surface area contributed by atoms with Crippen molar-refractivity contribution in [2.75, 3.05) is 0 Å². The van der Waals surface area contributed by atoms with E-state index < -0.39 is 11.6 Å². The van der Waals surface area contributed by atoms with E-state index in [1.54, 1.807) is 12.4 Å². The van der Waals surface area contributed by atoms with E-state index in [-0.39, 0.29) is 0 Å². The van der Waals surface area contributed by atoms with E-state index in [1.807, 2.05) is 11.5 Å². The summed E-state index contributed by atoms with van der Waals surface area (Å²) in [6.45, 7) is 2.29. The number of hydrogen-bond donors (Lipinski definition) is 0. The summed E-state index contributed by atoms with van der Waals surface area (Å²) >= 11 is 0.